The molecule has 0 radical (unpaired) electrons. The van der Waals surface area contributed by atoms with Gasteiger partial charge in [-0.1, -0.05) is 13.8 Å². The molecule has 4 aliphatic rings. The summed E-state index contributed by atoms with van der Waals surface area (Å²) in [4.78, 5) is 15.8. The van der Waals surface area contributed by atoms with Crippen molar-refractivity contribution in [3.8, 4) is 0 Å². The largest absolute Gasteiger partial charge is 0.475 e. The maximum absolute atomic E-state index is 11.3. The van der Waals surface area contributed by atoms with E-state index in [1.54, 1.807) is 6.92 Å². The minimum Gasteiger partial charge on any atom is -0.475 e. The molecule has 0 spiro atoms. The summed E-state index contributed by atoms with van der Waals surface area (Å²) in [6.45, 7) is 6.54. The predicted molar refractivity (Wildman–Crippen MR) is 77.3 cm³/mol. The lowest BCUT2D eigenvalue weighted by Gasteiger charge is -2.64. The van der Waals surface area contributed by atoms with Crippen LogP contribution in [0.4, 0.5) is 0 Å². The van der Waals surface area contributed by atoms with E-state index < -0.39 is 5.97 Å². The van der Waals surface area contributed by atoms with Crippen LogP contribution in [-0.4, -0.2) is 16.1 Å². The summed E-state index contributed by atoms with van der Waals surface area (Å²) >= 11 is 0. The van der Waals surface area contributed by atoms with Crippen molar-refractivity contribution in [2.75, 3.05) is 0 Å². The fourth-order valence-electron chi connectivity index (χ4n) is 6.51. The lowest BCUT2D eigenvalue weighted by Crippen LogP contribution is -2.57. The molecule has 21 heavy (non-hydrogen) atoms. The summed E-state index contributed by atoms with van der Waals surface area (Å²) < 4.78 is 5.74. The number of hydrogen-bond donors (Lipinski definition) is 1. The van der Waals surface area contributed by atoms with Gasteiger partial charge in [-0.25, -0.2) is 9.78 Å². The first-order valence-electron chi connectivity index (χ1n) is 7.94. The molecule has 0 aliphatic heterocycles. The number of oxazole rings is 1. The molecular formula is C17H23NO3. The second-order valence-corrected chi connectivity index (χ2v) is 8.65. The third kappa shape index (κ3) is 1.80. The SMILES string of the molecule is Cc1nc(C23CC4CC(C)(CC(C)(C4)C2)C3)oc1C(=O)O. The third-order valence-electron chi connectivity index (χ3n) is 6.07. The predicted octanol–water partition coefficient (Wildman–Crippen LogP) is 3.93. The van der Waals surface area contributed by atoms with E-state index in [0.717, 1.165) is 25.2 Å². The standard InChI is InChI=1S/C17H23NO3/c1-10-12(13(19)20)21-14(18-10)17-6-11-4-15(2,8-17)7-16(3,5-11)9-17/h11H,4-9H2,1-3H3,(H,19,20). The van der Waals surface area contributed by atoms with Crippen molar-refractivity contribution >= 4 is 5.97 Å². The molecule has 1 N–H and O–H groups in total. The van der Waals surface area contributed by atoms with E-state index in [0.29, 0.717) is 22.4 Å². The minimum absolute atomic E-state index is 0.0241. The van der Waals surface area contributed by atoms with E-state index in [4.69, 9.17) is 4.42 Å². The van der Waals surface area contributed by atoms with E-state index in [-0.39, 0.29) is 11.2 Å². The van der Waals surface area contributed by atoms with E-state index in [2.05, 4.69) is 18.8 Å². The molecule has 1 aromatic rings. The molecule has 4 fully saturated rings. The molecule has 5 rings (SSSR count). The number of carboxylic acid groups (broad SMARTS) is 1. The summed E-state index contributed by atoms with van der Waals surface area (Å²) in [5.41, 5.74) is 1.24. The van der Waals surface area contributed by atoms with Crippen LogP contribution in [0.1, 0.15) is 74.5 Å². The van der Waals surface area contributed by atoms with Gasteiger partial charge in [0.25, 0.3) is 0 Å². The van der Waals surface area contributed by atoms with Crippen molar-refractivity contribution in [3.63, 3.8) is 0 Å². The number of carbonyl (C=O) groups is 1. The highest BCUT2D eigenvalue weighted by Gasteiger charge is 2.62. The first-order valence-corrected chi connectivity index (χ1v) is 7.94. The smallest absolute Gasteiger partial charge is 0.373 e. The molecule has 4 bridgehead atoms. The fourth-order valence-corrected chi connectivity index (χ4v) is 6.51. The van der Waals surface area contributed by atoms with Crippen molar-refractivity contribution in [1.82, 2.24) is 4.98 Å². The fraction of sp³-hybridized carbons (Fsp3) is 0.765. The Bertz CT molecular complexity index is 614. The van der Waals surface area contributed by atoms with Crippen LogP contribution >= 0.6 is 0 Å². The molecule has 2 atom stereocenters. The number of rotatable bonds is 2. The van der Waals surface area contributed by atoms with Crippen LogP contribution in [0.3, 0.4) is 0 Å². The number of aromatic nitrogens is 1. The molecule has 114 valence electrons. The highest BCUT2D eigenvalue weighted by atomic mass is 16.4. The topological polar surface area (TPSA) is 63.3 Å². The third-order valence-corrected chi connectivity index (χ3v) is 6.07. The van der Waals surface area contributed by atoms with Gasteiger partial charge < -0.3 is 9.52 Å². The van der Waals surface area contributed by atoms with Crippen molar-refractivity contribution in [2.24, 2.45) is 16.7 Å². The highest BCUT2D eigenvalue weighted by Crippen LogP contribution is 2.69. The minimum atomic E-state index is -1.01. The van der Waals surface area contributed by atoms with Crippen LogP contribution < -0.4 is 0 Å². The van der Waals surface area contributed by atoms with Crippen LogP contribution in [0.15, 0.2) is 4.42 Å². The summed E-state index contributed by atoms with van der Waals surface area (Å²) in [5, 5.41) is 9.23. The van der Waals surface area contributed by atoms with Gasteiger partial charge in [-0.05, 0) is 62.2 Å². The summed E-state index contributed by atoms with van der Waals surface area (Å²) in [6.07, 6.45) is 7.25. The van der Waals surface area contributed by atoms with Gasteiger partial charge in [0.15, 0.2) is 0 Å². The van der Waals surface area contributed by atoms with Crippen molar-refractivity contribution in [3.05, 3.63) is 17.3 Å². The Morgan fingerprint density at radius 2 is 1.81 bits per heavy atom. The zero-order valence-corrected chi connectivity index (χ0v) is 13.0. The van der Waals surface area contributed by atoms with Gasteiger partial charge >= 0.3 is 5.97 Å². The molecule has 4 saturated carbocycles. The highest BCUT2D eigenvalue weighted by molar-refractivity contribution is 5.85. The molecule has 1 aromatic heterocycles. The second kappa shape index (κ2) is 3.71. The average Bonchev–Trinajstić information content (AvgIpc) is 2.67. The van der Waals surface area contributed by atoms with E-state index in [9.17, 15) is 9.90 Å². The molecular weight excluding hydrogens is 266 g/mol. The lowest BCUT2D eigenvalue weighted by atomic mass is 9.40. The molecule has 0 saturated heterocycles. The van der Waals surface area contributed by atoms with Crippen LogP contribution in [0.2, 0.25) is 0 Å². The van der Waals surface area contributed by atoms with Crippen LogP contribution in [0, 0.1) is 23.7 Å². The van der Waals surface area contributed by atoms with Crippen molar-refractivity contribution < 1.29 is 14.3 Å². The van der Waals surface area contributed by atoms with Gasteiger partial charge in [0.1, 0.15) is 0 Å². The molecule has 4 heteroatoms. The number of aryl methyl sites for hydroxylation is 1. The van der Waals surface area contributed by atoms with Crippen LogP contribution in [0.25, 0.3) is 0 Å². The number of carboxylic acids is 1. The van der Waals surface area contributed by atoms with Gasteiger partial charge in [-0.3, -0.25) is 0 Å². The van der Waals surface area contributed by atoms with E-state index in [1.165, 1.54) is 19.3 Å². The molecule has 4 nitrogen and oxygen atoms in total. The Hall–Kier alpha value is -1.32. The summed E-state index contributed by atoms with van der Waals surface area (Å²) in [5.74, 6) is 0.458. The molecule has 1 heterocycles. The molecule has 4 aliphatic carbocycles. The van der Waals surface area contributed by atoms with Gasteiger partial charge in [-0.2, -0.15) is 0 Å². The lowest BCUT2D eigenvalue weighted by molar-refractivity contribution is -0.117. The van der Waals surface area contributed by atoms with Gasteiger partial charge in [0.05, 0.1) is 5.69 Å². The average molecular weight is 289 g/mol. The Morgan fingerprint density at radius 3 is 2.29 bits per heavy atom. The first-order chi connectivity index (χ1) is 9.73. The van der Waals surface area contributed by atoms with Gasteiger partial charge in [0, 0.05) is 5.41 Å². The van der Waals surface area contributed by atoms with Crippen LogP contribution in [0.5, 0.6) is 0 Å². The Kier molecular flexibility index (Phi) is 2.36. The van der Waals surface area contributed by atoms with E-state index >= 15 is 0 Å². The Labute approximate surface area is 124 Å². The normalized spacial score (nSPS) is 44.2. The molecule has 0 aromatic carbocycles. The number of nitrogens with zero attached hydrogens (tertiary/aromatic N) is 1. The maximum Gasteiger partial charge on any atom is 0.373 e. The number of aromatic carboxylic acids is 1. The Morgan fingerprint density at radius 1 is 1.19 bits per heavy atom. The van der Waals surface area contributed by atoms with Crippen LogP contribution in [-0.2, 0) is 5.41 Å². The summed E-state index contributed by atoms with van der Waals surface area (Å²) in [7, 11) is 0. The first kappa shape index (κ1) is 13.4. The Balaban J connectivity index is 1.81. The number of hydrogen-bond acceptors (Lipinski definition) is 3. The second-order valence-electron chi connectivity index (χ2n) is 8.65. The van der Waals surface area contributed by atoms with Crippen molar-refractivity contribution in [2.45, 2.75) is 64.7 Å². The van der Waals surface area contributed by atoms with E-state index in [1.807, 2.05) is 0 Å². The zero-order valence-electron chi connectivity index (χ0n) is 13.0. The van der Waals surface area contributed by atoms with Gasteiger partial charge in [0.2, 0.25) is 11.7 Å². The maximum atomic E-state index is 11.3. The monoisotopic (exact) mass is 289 g/mol. The van der Waals surface area contributed by atoms with Gasteiger partial charge in [-0.15, -0.1) is 0 Å². The zero-order chi connectivity index (χ0) is 15.0. The van der Waals surface area contributed by atoms with Crippen molar-refractivity contribution in [1.29, 1.82) is 0 Å². The summed E-state index contributed by atoms with van der Waals surface area (Å²) in [6, 6.07) is 0. The quantitative estimate of drug-likeness (QED) is 0.896. The molecule has 0 amide bonds. The molecule has 2 unspecified atom stereocenters.